The van der Waals surface area contributed by atoms with Crippen LogP contribution in [0.5, 0.6) is 23.0 Å². The van der Waals surface area contributed by atoms with Crippen LogP contribution in [0.15, 0.2) is 54.6 Å². The van der Waals surface area contributed by atoms with Gasteiger partial charge in [-0.1, -0.05) is 31.5 Å². The number of unbranched alkanes of at least 4 members (excludes halogenated alkanes) is 1. The van der Waals surface area contributed by atoms with Crippen LogP contribution in [0.4, 0.5) is 0 Å². The number of aromatic nitrogens is 1. The van der Waals surface area contributed by atoms with E-state index in [1.54, 1.807) is 14.2 Å². The molecule has 0 fully saturated rings. The molecule has 0 atom stereocenters. The number of ether oxygens (including phenoxy) is 4. The lowest BCUT2D eigenvalue weighted by molar-refractivity contribution is -0.659. The quantitative estimate of drug-likeness (QED) is 0.230. The van der Waals surface area contributed by atoms with Gasteiger partial charge in [0.1, 0.15) is 5.39 Å². The van der Waals surface area contributed by atoms with Crippen molar-refractivity contribution in [1.82, 2.24) is 0 Å². The van der Waals surface area contributed by atoms with Crippen LogP contribution in [-0.2, 0) is 19.4 Å². The maximum atomic E-state index is 6.10. The van der Waals surface area contributed by atoms with Crippen LogP contribution in [0.1, 0.15) is 30.9 Å². The lowest BCUT2D eigenvalue weighted by Crippen LogP contribution is -3.00. The molecule has 7 rings (SSSR count). The van der Waals surface area contributed by atoms with Crippen LogP contribution in [-0.4, -0.2) is 21.0 Å². The Bertz CT molecular complexity index is 1720. The molecule has 3 heterocycles. The van der Waals surface area contributed by atoms with E-state index in [9.17, 15) is 0 Å². The summed E-state index contributed by atoms with van der Waals surface area (Å²) in [5, 5.41) is 6.03. The van der Waals surface area contributed by atoms with E-state index < -0.39 is 0 Å². The van der Waals surface area contributed by atoms with Crippen molar-refractivity contribution in [3.05, 3.63) is 65.7 Å². The number of hydrogen-bond acceptors (Lipinski definition) is 4. The molecule has 4 aromatic carbocycles. The predicted molar refractivity (Wildman–Crippen MR) is 146 cm³/mol. The molecule has 1 aromatic heterocycles. The summed E-state index contributed by atoms with van der Waals surface area (Å²) in [6.07, 6.45) is 4.18. The number of pyridine rings is 1. The average molecular weight is 572 g/mol. The zero-order valence-corrected chi connectivity index (χ0v) is 23.5. The van der Waals surface area contributed by atoms with Crippen LogP contribution in [0.25, 0.3) is 43.7 Å². The van der Waals surface area contributed by atoms with E-state index in [2.05, 4.69) is 60.0 Å². The van der Waals surface area contributed by atoms with Crippen LogP contribution in [0, 0.1) is 0 Å². The monoisotopic (exact) mass is 571 g/mol. The van der Waals surface area contributed by atoms with Gasteiger partial charge in [-0.25, -0.2) is 0 Å². The number of rotatable bonds is 6. The fourth-order valence-corrected chi connectivity index (χ4v) is 6.35. The first kappa shape index (κ1) is 24.8. The van der Waals surface area contributed by atoms with E-state index in [0.29, 0.717) is 0 Å². The molecule has 0 bridgehead atoms. The van der Waals surface area contributed by atoms with Gasteiger partial charge in [-0.05, 0) is 60.4 Å². The van der Waals surface area contributed by atoms with E-state index in [1.807, 2.05) is 6.07 Å². The molecule has 2 aliphatic rings. The summed E-state index contributed by atoms with van der Waals surface area (Å²) in [4.78, 5) is 0. The Morgan fingerprint density at radius 2 is 1.74 bits per heavy atom. The second kappa shape index (κ2) is 9.66. The Balaban J connectivity index is 0.00000264. The number of hydrogen-bond donors (Lipinski definition) is 0. The van der Waals surface area contributed by atoms with Gasteiger partial charge in [-0.3, -0.25) is 0 Å². The average Bonchev–Trinajstić information content (AvgIpc) is 3.42. The fraction of sp³-hybridized carbons (Fsp3) is 0.281. The van der Waals surface area contributed by atoms with Gasteiger partial charge in [0.05, 0.1) is 25.0 Å². The summed E-state index contributed by atoms with van der Waals surface area (Å²) in [5.41, 5.74) is 6.23. The minimum absolute atomic E-state index is 0. The summed E-state index contributed by atoms with van der Waals surface area (Å²) in [5.74, 6) is 3.29. The van der Waals surface area contributed by atoms with Crippen LogP contribution in [0.3, 0.4) is 0 Å². The van der Waals surface area contributed by atoms with Crippen molar-refractivity contribution in [2.75, 3.05) is 21.0 Å². The highest BCUT2D eigenvalue weighted by molar-refractivity contribution is 6.20. The van der Waals surface area contributed by atoms with Crippen molar-refractivity contribution in [2.45, 2.75) is 39.2 Å². The van der Waals surface area contributed by atoms with Gasteiger partial charge < -0.3 is 35.9 Å². The Morgan fingerprint density at radius 1 is 0.895 bits per heavy atom. The molecule has 0 aliphatic carbocycles. The molecule has 38 heavy (non-hydrogen) atoms. The lowest BCUT2D eigenvalue weighted by Gasteiger charge is -2.22. The third-order valence-electron chi connectivity index (χ3n) is 7.94. The Labute approximate surface area is 232 Å². The number of aryl methyl sites for hydroxylation is 3. The molecule has 0 spiro atoms. The first-order chi connectivity index (χ1) is 18.2. The summed E-state index contributed by atoms with van der Waals surface area (Å²) in [6.45, 7) is 3.39. The van der Waals surface area contributed by atoms with Gasteiger partial charge >= 0.3 is 0 Å². The molecule has 2 aliphatic heterocycles. The largest absolute Gasteiger partial charge is 1.00 e. The van der Waals surface area contributed by atoms with Gasteiger partial charge in [0, 0.05) is 22.8 Å². The number of methoxy groups -OCH3 is 2. The van der Waals surface area contributed by atoms with Crippen LogP contribution in [0.2, 0.25) is 0 Å². The van der Waals surface area contributed by atoms with Crippen molar-refractivity contribution < 1.29 is 40.5 Å². The van der Waals surface area contributed by atoms with Gasteiger partial charge in [0.2, 0.25) is 18.0 Å². The minimum Gasteiger partial charge on any atom is -1.00 e. The molecule has 0 saturated carbocycles. The first-order valence-corrected chi connectivity index (χ1v) is 13.1. The molecule has 0 N–H and O–H groups in total. The summed E-state index contributed by atoms with van der Waals surface area (Å²) < 4.78 is 26.3. The van der Waals surface area contributed by atoms with Gasteiger partial charge in [-0.2, -0.15) is 4.57 Å². The molecule has 194 valence electrons. The van der Waals surface area contributed by atoms with E-state index >= 15 is 0 Å². The second-order valence-electron chi connectivity index (χ2n) is 9.89. The fourth-order valence-electron chi connectivity index (χ4n) is 6.35. The Hall–Kier alpha value is -3.51. The third-order valence-corrected chi connectivity index (χ3v) is 7.94. The molecular weight excluding hydrogens is 542 g/mol. The summed E-state index contributed by atoms with van der Waals surface area (Å²) in [6, 6.07) is 19.5. The highest BCUT2D eigenvalue weighted by Crippen LogP contribution is 2.49. The van der Waals surface area contributed by atoms with Crippen LogP contribution < -0.4 is 40.5 Å². The smallest absolute Gasteiger partial charge is 0.231 e. The molecular formula is C32H30BrNO4. The zero-order chi connectivity index (χ0) is 25.1. The van der Waals surface area contributed by atoms with Crippen LogP contribution >= 0.6 is 0 Å². The first-order valence-electron chi connectivity index (χ1n) is 13.1. The van der Waals surface area contributed by atoms with E-state index in [1.165, 1.54) is 38.2 Å². The van der Waals surface area contributed by atoms with Crippen molar-refractivity contribution in [2.24, 2.45) is 0 Å². The van der Waals surface area contributed by atoms with Crippen molar-refractivity contribution in [3.63, 3.8) is 0 Å². The lowest BCUT2D eigenvalue weighted by atomic mass is 9.87. The second-order valence-corrected chi connectivity index (χ2v) is 9.89. The molecule has 0 unspecified atom stereocenters. The molecule has 0 saturated heterocycles. The number of fused-ring (bicyclic) bond motifs is 4. The number of benzene rings is 4. The van der Waals surface area contributed by atoms with E-state index in [4.69, 9.17) is 18.9 Å². The highest BCUT2D eigenvalue weighted by Gasteiger charge is 2.35. The SMILES string of the molecule is CCCCc1cc2c3ccc(OC)c(OC)c3c(-c3ccccc3)[n+]3c2c2c(cc4c(c12)OCO4)CC3.[Br-]. The number of nitrogens with zero attached hydrogens (tertiary/aromatic N) is 1. The third kappa shape index (κ3) is 3.46. The predicted octanol–water partition coefficient (Wildman–Crippen LogP) is 3.75. The number of halogens is 1. The van der Waals surface area contributed by atoms with E-state index in [-0.39, 0.29) is 23.8 Å². The summed E-state index contributed by atoms with van der Waals surface area (Å²) >= 11 is 0. The van der Waals surface area contributed by atoms with Crippen molar-refractivity contribution in [3.8, 4) is 34.3 Å². The topological polar surface area (TPSA) is 40.8 Å². The Morgan fingerprint density at radius 3 is 2.50 bits per heavy atom. The van der Waals surface area contributed by atoms with Gasteiger partial charge in [0.15, 0.2) is 29.5 Å². The van der Waals surface area contributed by atoms with E-state index in [0.717, 1.165) is 71.9 Å². The zero-order valence-electron chi connectivity index (χ0n) is 21.9. The molecule has 5 aromatic rings. The minimum atomic E-state index is 0. The maximum Gasteiger partial charge on any atom is 0.231 e. The molecule has 0 radical (unpaired) electrons. The maximum absolute atomic E-state index is 6.10. The molecule has 0 amide bonds. The van der Waals surface area contributed by atoms with Crippen molar-refractivity contribution in [1.29, 1.82) is 0 Å². The van der Waals surface area contributed by atoms with Gasteiger partial charge in [0.25, 0.3) is 0 Å². The molecule has 6 heteroatoms. The summed E-state index contributed by atoms with van der Waals surface area (Å²) in [7, 11) is 3.44. The normalized spacial score (nSPS) is 13.3. The molecule has 5 nitrogen and oxygen atoms in total. The highest BCUT2D eigenvalue weighted by atomic mass is 79.9. The van der Waals surface area contributed by atoms with Gasteiger partial charge in [-0.15, -0.1) is 0 Å². The Kier molecular flexibility index (Phi) is 6.31. The van der Waals surface area contributed by atoms with Crippen molar-refractivity contribution >= 4 is 32.4 Å². The standard InChI is InChI=1S/C32H30NO4.BrH/c1-4-5-9-20-16-23-22-12-13-24(34-2)31(35-3)28(22)29(19-10-7-6-8-11-19)33-15-14-21-17-25-32(37-18-36-25)27(20)26(21)30(23)33;/h6-8,10-13,16-17H,4-5,9,14-15,18H2,1-3H3;1H/q+1;/p-1.